The molecule has 1 amide bonds. The van der Waals surface area contributed by atoms with Crippen molar-refractivity contribution in [2.45, 2.75) is 39.9 Å². The molecular weight excluding hydrogens is 318 g/mol. The van der Waals surface area contributed by atoms with E-state index in [1.807, 2.05) is 43.3 Å². The molecule has 3 atom stereocenters. The van der Waals surface area contributed by atoms with Gasteiger partial charge in [-0.2, -0.15) is 0 Å². The van der Waals surface area contributed by atoms with E-state index in [4.69, 9.17) is 9.47 Å². The maximum Gasteiger partial charge on any atom is 0.290 e. The first kappa shape index (κ1) is 19.5. The summed E-state index contributed by atoms with van der Waals surface area (Å²) in [5.74, 6) is 0.673. The van der Waals surface area contributed by atoms with Crippen LogP contribution in [-0.2, 0) is 14.3 Å². The number of aliphatic hydroxyl groups excluding tert-OH is 1. The number of para-hydroxylation sites is 1. The molecule has 0 saturated carbocycles. The average molecular weight is 347 g/mol. The molecule has 0 bridgehead atoms. The van der Waals surface area contributed by atoms with Gasteiger partial charge >= 0.3 is 0 Å². The number of nitrogens with one attached hydrogen (secondary N) is 1. The van der Waals surface area contributed by atoms with Gasteiger partial charge in [-0.1, -0.05) is 32.0 Å². The summed E-state index contributed by atoms with van der Waals surface area (Å²) in [6.45, 7) is 6.84. The van der Waals surface area contributed by atoms with Crippen LogP contribution >= 0.6 is 0 Å². The molecule has 1 aliphatic heterocycles. The van der Waals surface area contributed by atoms with E-state index in [9.17, 15) is 9.90 Å². The Kier molecular flexibility index (Phi) is 7.47. The number of benzene rings is 1. The Morgan fingerprint density at radius 3 is 2.64 bits per heavy atom. The van der Waals surface area contributed by atoms with Crippen molar-refractivity contribution in [3.63, 3.8) is 0 Å². The summed E-state index contributed by atoms with van der Waals surface area (Å²) in [7, 11) is 0. The smallest absolute Gasteiger partial charge is 0.290 e. The highest BCUT2D eigenvalue weighted by atomic mass is 16.7. The van der Waals surface area contributed by atoms with Crippen molar-refractivity contribution in [1.82, 2.24) is 0 Å². The molecule has 5 nitrogen and oxygen atoms in total. The fourth-order valence-electron chi connectivity index (χ4n) is 3.24. The second-order valence-corrected chi connectivity index (χ2v) is 6.64. The van der Waals surface area contributed by atoms with Gasteiger partial charge in [0.2, 0.25) is 6.29 Å². The van der Waals surface area contributed by atoms with Gasteiger partial charge < -0.3 is 19.9 Å². The molecule has 0 aromatic heterocycles. The second kappa shape index (κ2) is 9.59. The van der Waals surface area contributed by atoms with Crippen LogP contribution in [0.5, 0.6) is 0 Å². The van der Waals surface area contributed by atoms with Crippen molar-refractivity contribution >= 4 is 11.6 Å². The zero-order valence-electron chi connectivity index (χ0n) is 15.3. The number of hydrogen-bond donors (Lipinski definition) is 2. The second-order valence-electron chi connectivity index (χ2n) is 6.64. The van der Waals surface area contributed by atoms with E-state index >= 15 is 0 Å². The molecule has 0 radical (unpaired) electrons. The van der Waals surface area contributed by atoms with Crippen LogP contribution in [0.25, 0.3) is 0 Å². The highest BCUT2D eigenvalue weighted by Gasteiger charge is 2.38. The lowest BCUT2D eigenvalue weighted by atomic mass is 9.78. The molecule has 5 heteroatoms. The van der Waals surface area contributed by atoms with Gasteiger partial charge in [0.05, 0.1) is 0 Å². The zero-order chi connectivity index (χ0) is 18.2. The Hall–Kier alpha value is -1.85. The van der Waals surface area contributed by atoms with E-state index in [1.165, 1.54) is 0 Å². The fourth-order valence-corrected chi connectivity index (χ4v) is 3.24. The number of hydrogen-bond acceptors (Lipinski definition) is 4. The predicted molar refractivity (Wildman–Crippen MR) is 97.8 cm³/mol. The Morgan fingerprint density at radius 1 is 1.32 bits per heavy atom. The first-order valence-electron chi connectivity index (χ1n) is 9.04. The SMILES string of the molecule is CCO[C@@H]1OC(C(=O)Nc2ccccc2)=C[C@H](C(C)C)[C@@H]1CCCO. The largest absolute Gasteiger partial charge is 0.459 e. The standard InChI is InChI=1S/C20H29NO4/c1-4-24-20-16(11-8-12-22)17(14(2)3)13-18(25-20)19(23)21-15-9-6-5-7-10-15/h5-7,9-10,13-14,16-17,20,22H,4,8,11-12H2,1-3H3,(H,21,23)/t16-,17+,20+/m0/s1. The number of carbonyl (C=O) groups excluding carboxylic acids is 1. The van der Waals surface area contributed by atoms with E-state index in [0.29, 0.717) is 24.7 Å². The summed E-state index contributed by atoms with van der Waals surface area (Å²) < 4.78 is 11.7. The zero-order valence-corrected chi connectivity index (χ0v) is 15.3. The van der Waals surface area contributed by atoms with E-state index in [1.54, 1.807) is 0 Å². The van der Waals surface area contributed by atoms with Crippen molar-refractivity contribution in [3.05, 3.63) is 42.2 Å². The molecule has 0 aliphatic carbocycles. The molecular formula is C20H29NO4. The molecule has 25 heavy (non-hydrogen) atoms. The van der Waals surface area contributed by atoms with Crippen LogP contribution in [0.4, 0.5) is 5.69 Å². The Morgan fingerprint density at radius 2 is 2.04 bits per heavy atom. The molecule has 0 saturated heterocycles. The van der Waals surface area contributed by atoms with Crippen molar-refractivity contribution in [2.24, 2.45) is 17.8 Å². The molecule has 1 aromatic carbocycles. The molecule has 2 N–H and O–H groups in total. The maximum absolute atomic E-state index is 12.6. The molecule has 0 unspecified atom stereocenters. The highest BCUT2D eigenvalue weighted by molar-refractivity contribution is 6.02. The number of rotatable bonds is 8. The van der Waals surface area contributed by atoms with Crippen LogP contribution in [0.15, 0.2) is 42.2 Å². The molecule has 1 aliphatic rings. The van der Waals surface area contributed by atoms with Crippen LogP contribution in [0.1, 0.15) is 33.6 Å². The maximum atomic E-state index is 12.6. The van der Waals surface area contributed by atoms with Gasteiger partial charge in [-0.25, -0.2) is 0 Å². The summed E-state index contributed by atoms with van der Waals surface area (Å²) in [5, 5.41) is 12.0. The van der Waals surface area contributed by atoms with E-state index in [2.05, 4.69) is 19.2 Å². The topological polar surface area (TPSA) is 67.8 Å². The molecule has 1 heterocycles. The van der Waals surface area contributed by atoms with E-state index in [0.717, 1.165) is 12.1 Å². The number of carbonyl (C=O) groups is 1. The van der Waals surface area contributed by atoms with Crippen molar-refractivity contribution in [2.75, 3.05) is 18.5 Å². The number of anilines is 1. The van der Waals surface area contributed by atoms with Gasteiger partial charge in [-0.05, 0) is 49.8 Å². The van der Waals surface area contributed by atoms with Gasteiger partial charge in [0, 0.05) is 24.8 Å². The van der Waals surface area contributed by atoms with Crippen LogP contribution in [-0.4, -0.2) is 30.5 Å². The van der Waals surface area contributed by atoms with E-state index in [-0.39, 0.29) is 24.3 Å². The number of allylic oxidation sites excluding steroid dienone is 1. The third-order valence-electron chi connectivity index (χ3n) is 4.48. The van der Waals surface area contributed by atoms with Crippen LogP contribution < -0.4 is 5.32 Å². The lowest BCUT2D eigenvalue weighted by Crippen LogP contribution is -2.40. The Labute approximate surface area is 150 Å². The minimum Gasteiger partial charge on any atom is -0.459 e. The van der Waals surface area contributed by atoms with Crippen LogP contribution in [0, 0.1) is 17.8 Å². The first-order valence-corrected chi connectivity index (χ1v) is 9.04. The van der Waals surface area contributed by atoms with Crippen molar-refractivity contribution < 1.29 is 19.4 Å². The van der Waals surface area contributed by atoms with Crippen molar-refractivity contribution in [3.8, 4) is 0 Å². The third kappa shape index (κ3) is 5.31. The monoisotopic (exact) mass is 347 g/mol. The minimum atomic E-state index is -0.467. The number of aliphatic hydroxyl groups is 1. The lowest BCUT2D eigenvalue weighted by Gasteiger charge is -2.38. The summed E-state index contributed by atoms with van der Waals surface area (Å²) in [6, 6.07) is 9.32. The van der Waals surface area contributed by atoms with Gasteiger partial charge in [0.25, 0.3) is 5.91 Å². The quantitative estimate of drug-likeness (QED) is 0.754. The summed E-state index contributed by atoms with van der Waals surface area (Å²) in [5.41, 5.74) is 0.730. The normalized spacial score (nSPS) is 23.1. The van der Waals surface area contributed by atoms with Crippen LogP contribution in [0.2, 0.25) is 0 Å². The minimum absolute atomic E-state index is 0.125. The first-order chi connectivity index (χ1) is 12.1. The fraction of sp³-hybridized carbons (Fsp3) is 0.550. The highest BCUT2D eigenvalue weighted by Crippen LogP contribution is 2.37. The van der Waals surface area contributed by atoms with Gasteiger partial charge in [-0.3, -0.25) is 4.79 Å². The van der Waals surface area contributed by atoms with Gasteiger partial charge in [0.15, 0.2) is 5.76 Å². The molecule has 1 aromatic rings. The molecule has 138 valence electrons. The van der Waals surface area contributed by atoms with Crippen LogP contribution in [0.3, 0.4) is 0 Å². The van der Waals surface area contributed by atoms with Gasteiger partial charge in [0.1, 0.15) is 0 Å². The third-order valence-corrected chi connectivity index (χ3v) is 4.48. The Balaban J connectivity index is 2.20. The van der Waals surface area contributed by atoms with Gasteiger partial charge in [-0.15, -0.1) is 0 Å². The Bertz CT molecular complexity index is 570. The molecule has 0 spiro atoms. The number of ether oxygens (including phenoxy) is 2. The van der Waals surface area contributed by atoms with Crippen molar-refractivity contribution in [1.29, 1.82) is 0 Å². The average Bonchev–Trinajstić information content (AvgIpc) is 2.61. The van der Waals surface area contributed by atoms with E-state index < -0.39 is 6.29 Å². The predicted octanol–water partition coefficient (Wildman–Crippen LogP) is 3.56. The summed E-state index contributed by atoms with van der Waals surface area (Å²) in [4.78, 5) is 12.6. The summed E-state index contributed by atoms with van der Waals surface area (Å²) in [6.07, 6.45) is 2.94. The molecule has 2 rings (SSSR count). The number of amides is 1. The molecule has 0 fully saturated rings. The lowest BCUT2D eigenvalue weighted by molar-refractivity contribution is -0.173. The summed E-state index contributed by atoms with van der Waals surface area (Å²) >= 11 is 0.